The van der Waals surface area contributed by atoms with E-state index in [4.69, 9.17) is 0 Å². The number of amides is 2. The first-order valence-corrected chi connectivity index (χ1v) is 7.13. The molecule has 1 fully saturated rings. The Kier molecular flexibility index (Phi) is 4.97. The summed E-state index contributed by atoms with van der Waals surface area (Å²) >= 11 is 0. The lowest BCUT2D eigenvalue weighted by atomic mass is 10.0. The van der Waals surface area contributed by atoms with Gasteiger partial charge >= 0.3 is 6.18 Å². The number of nitro groups is 1. The van der Waals surface area contributed by atoms with Gasteiger partial charge in [0.2, 0.25) is 5.91 Å². The number of nitrogens with zero attached hydrogens (tertiary/aromatic N) is 2. The minimum atomic E-state index is -4.85. The van der Waals surface area contributed by atoms with Gasteiger partial charge in [-0.1, -0.05) is 6.07 Å². The Bertz CT molecular complexity index is 709. The first kappa shape index (κ1) is 18.6. The van der Waals surface area contributed by atoms with Gasteiger partial charge in [0, 0.05) is 30.7 Å². The number of rotatable bonds is 4. The third-order valence-corrected chi connectivity index (χ3v) is 3.85. The molecule has 0 saturated carbocycles. The number of nitro benzene ring substituents is 1. The highest BCUT2D eigenvalue weighted by Crippen LogP contribution is 2.37. The second-order valence-electron chi connectivity index (χ2n) is 5.58. The molecule has 0 aliphatic carbocycles. The molecule has 25 heavy (non-hydrogen) atoms. The molecule has 0 radical (unpaired) electrons. The Balaban J connectivity index is 1.93. The van der Waals surface area contributed by atoms with Crippen LogP contribution in [0.1, 0.15) is 16.8 Å². The number of benzene rings is 1. The first-order valence-electron chi connectivity index (χ1n) is 7.13. The molecule has 2 amide bonds. The summed E-state index contributed by atoms with van der Waals surface area (Å²) in [6.45, 7) is -1.78. The van der Waals surface area contributed by atoms with E-state index in [0.717, 1.165) is 11.0 Å². The van der Waals surface area contributed by atoms with E-state index in [0.29, 0.717) is 0 Å². The maximum Gasteiger partial charge on any atom is 0.419 e. The van der Waals surface area contributed by atoms with Crippen molar-refractivity contribution in [1.29, 1.82) is 0 Å². The van der Waals surface area contributed by atoms with E-state index in [1.54, 1.807) is 0 Å². The van der Waals surface area contributed by atoms with Crippen molar-refractivity contribution >= 4 is 17.5 Å². The number of halogens is 3. The van der Waals surface area contributed by atoms with Crippen LogP contribution in [0.5, 0.6) is 0 Å². The Hall–Kier alpha value is -2.69. The van der Waals surface area contributed by atoms with E-state index in [2.05, 4.69) is 5.32 Å². The Morgan fingerprint density at radius 1 is 1.40 bits per heavy atom. The Morgan fingerprint density at radius 2 is 2.08 bits per heavy atom. The number of likely N-dealkylation sites (tertiary alicyclic amines) is 1. The van der Waals surface area contributed by atoms with Crippen molar-refractivity contribution in [2.45, 2.75) is 18.2 Å². The van der Waals surface area contributed by atoms with Crippen LogP contribution in [0.15, 0.2) is 24.3 Å². The normalized spacial score (nSPS) is 20.4. The molecule has 11 heteroatoms. The Labute approximate surface area is 139 Å². The minimum Gasteiger partial charge on any atom is -0.379 e. The summed E-state index contributed by atoms with van der Waals surface area (Å²) in [6, 6.07) is 4.78. The molecular weight excluding hydrogens is 347 g/mol. The lowest BCUT2D eigenvalue weighted by molar-refractivity contribution is -0.384. The molecule has 0 spiro atoms. The van der Waals surface area contributed by atoms with Gasteiger partial charge < -0.3 is 15.3 Å². The van der Waals surface area contributed by atoms with Crippen LogP contribution in [-0.4, -0.2) is 58.2 Å². The van der Waals surface area contributed by atoms with Crippen LogP contribution in [0.3, 0.4) is 0 Å². The number of carbonyl (C=O) groups is 2. The van der Waals surface area contributed by atoms with Crippen molar-refractivity contribution in [3.63, 3.8) is 0 Å². The second kappa shape index (κ2) is 6.67. The van der Waals surface area contributed by atoms with Crippen molar-refractivity contribution in [2.75, 3.05) is 19.6 Å². The summed E-state index contributed by atoms with van der Waals surface area (Å²) in [5.41, 5.74) is -3.32. The quantitative estimate of drug-likeness (QED) is 0.610. The summed E-state index contributed by atoms with van der Waals surface area (Å²) in [7, 11) is 0. The first-order chi connectivity index (χ1) is 11.5. The number of alkyl halides is 3. The maximum atomic E-state index is 12.7. The highest BCUT2D eigenvalue weighted by molar-refractivity contribution is 5.97. The predicted octanol–water partition coefficient (Wildman–Crippen LogP) is 0.850. The Morgan fingerprint density at radius 3 is 2.64 bits per heavy atom. The zero-order valence-electron chi connectivity index (χ0n) is 12.7. The second-order valence-corrected chi connectivity index (χ2v) is 5.58. The fourth-order valence-corrected chi connectivity index (χ4v) is 2.37. The number of non-ortho nitro benzene ring substituents is 1. The molecule has 2 N–H and O–H groups in total. The van der Waals surface area contributed by atoms with E-state index in [9.17, 15) is 38.0 Å². The largest absolute Gasteiger partial charge is 0.419 e. The van der Waals surface area contributed by atoms with Crippen LogP contribution in [0.25, 0.3) is 0 Å². The van der Waals surface area contributed by atoms with Crippen LogP contribution < -0.4 is 5.32 Å². The number of nitrogens with one attached hydrogen (secondary N) is 1. The highest BCUT2D eigenvalue weighted by atomic mass is 19.4. The molecule has 1 aromatic carbocycles. The third kappa shape index (κ3) is 4.05. The third-order valence-electron chi connectivity index (χ3n) is 3.85. The molecule has 1 aromatic rings. The SMILES string of the molecule is O=C(NCC(=O)N1CCC(O)(C(F)(F)F)C1)c1cccc([N+](=O)[O-])c1. The van der Waals surface area contributed by atoms with Gasteiger partial charge in [0.15, 0.2) is 5.60 Å². The fourth-order valence-electron chi connectivity index (χ4n) is 2.37. The minimum absolute atomic E-state index is 0.0600. The van der Waals surface area contributed by atoms with Crippen molar-refractivity contribution in [3.05, 3.63) is 39.9 Å². The number of β-amino-alcohol motifs (C(OH)–C–C–N with tert-alkyl or cyclic N) is 1. The monoisotopic (exact) mass is 361 g/mol. The number of aliphatic hydroxyl groups is 1. The standard InChI is InChI=1S/C14H14F3N3O5/c15-14(16,17)13(23)4-5-19(8-13)11(21)7-18-12(22)9-2-1-3-10(6-9)20(24)25/h1-3,6,23H,4-5,7-8H2,(H,18,22). The predicted molar refractivity (Wildman–Crippen MR) is 77.6 cm³/mol. The summed E-state index contributed by atoms with van der Waals surface area (Å²) in [6.07, 6.45) is -5.49. The lowest BCUT2D eigenvalue weighted by Crippen LogP contribution is -2.49. The maximum absolute atomic E-state index is 12.7. The van der Waals surface area contributed by atoms with Gasteiger partial charge in [0.25, 0.3) is 11.6 Å². The van der Waals surface area contributed by atoms with Gasteiger partial charge in [0.05, 0.1) is 18.0 Å². The molecular formula is C14H14F3N3O5. The molecule has 2 rings (SSSR count). The van der Waals surface area contributed by atoms with Crippen molar-refractivity contribution in [3.8, 4) is 0 Å². The number of hydrogen-bond acceptors (Lipinski definition) is 5. The lowest BCUT2D eigenvalue weighted by Gasteiger charge is -2.25. The van der Waals surface area contributed by atoms with Crippen molar-refractivity contribution in [1.82, 2.24) is 10.2 Å². The summed E-state index contributed by atoms with van der Waals surface area (Å²) in [4.78, 5) is 34.6. The molecule has 1 heterocycles. The average molecular weight is 361 g/mol. The molecule has 8 nitrogen and oxygen atoms in total. The zero-order valence-corrected chi connectivity index (χ0v) is 12.7. The molecule has 1 saturated heterocycles. The van der Waals surface area contributed by atoms with E-state index < -0.39 is 48.0 Å². The average Bonchev–Trinajstić information content (AvgIpc) is 2.96. The van der Waals surface area contributed by atoms with Gasteiger partial charge in [-0.05, 0) is 6.07 Å². The summed E-state index contributed by atoms with van der Waals surface area (Å²) < 4.78 is 38.1. The van der Waals surface area contributed by atoms with E-state index in [-0.39, 0.29) is 17.8 Å². The van der Waals surface area contributed by atoms with Gasteiger partial charge in [-0.3, -0.25) is 19.7 Å². The number of carbonyl (C=O) groups excluding carboxylic acids is 2. The van der Waals surface area contributed by atoms with Crippen LogP contribution in [0.2, 0.25) is 0 Å². The summed E-state index contributed by atoms with van der Waals surface area (Å²) in [5, 5.41) is 22.4. The molecule has 0 bridgehead atoms. The van der Waals surface area contributed by atoms with Crippen molar-refractivity contribution in [2.24, 2.45) is 0 Å². The topological polar surface area (TPSA) is 113 Å². The summed E-state index contributed by atoms with van der Waals surface area (Å²) in [5.74, 6) is -1.57. The molecule has 136 valence electrons. The zero-order chi connectivity index (χ0) is 18.8. The van der Waals surface area contributed by atoms with Crippen LogP contribution in [0, 0.1) is 10.1 Å². The van der Waals surface area contributed by atoms with Gasteiger partial charge in [-0.25, -0.2) is 0 Å². The highest BCUT2D eigenvalue weighted by Gasteiger charge is 2.57. The van der Waals surface area contributed by atoms with Crippen LogP contribution in [0.4, 0.5) is 18.9 Å². The fraction of sp³-hybridized carbons (Fsp3) is 0.429. The van der Waals surface area contributed by atoms with Gasteiger partial charge in [0.1, 0.15) is 0 Å². The van der Waals surface area contributed by atoms with Crippen LogP contribution >= 0.6 is 0 Å². The molecule has 1 aliphatic rings. The van der Waals surface area contributed by atoms with E-state index >= 15 is 0 Å². The van der Waals surface area contributed by atoms with E-state index in [1.165, 1.54) is 18.2 Å². The number of hydrogen-bond donors (Lipinski definition) is 2. The molecule has 1 aliphatic heterocycles. The van der Waals surface area contributed by atoms with E-state index in [1.807, 2.05) is 0 Å². The smallest absolute Gasteiger partial charge is 0.379 e. The molecule has 1 atom stereocenters. The van der Waals surface area contributed by atoms with Crippen LogP contribution in [-0.2, 0) is 4.79 Å². The van der Waals surface area contributed by atoms with Crippen molar-refractivity contribution < 1.29 is 32.8 Å². The van der Waals surface area contributed by atoms with Gasteiger partial charge in [-0.2, -0.15) is 13.2 Å². The molecule has 0 aromatic heterocycles. The molecule has 1 unspecified atom stereocenters. The van der Waals surface area contributed by atoms with Gasteiger partial charge in [-0.15, -0.1) is 0 Å².